The highest BCUT2D eigenvalue weighted by atomic mass is 16.2. The van der Waals surface area contributed by atoms with E-state index in [9.17, 15) is 9.59 Å². The van der Waals surface area contributed by atoms with Gasteiger partial charge in [-0.05, 0) is 30.7 Å². The summed E-state index contributed by atoms with van der Waals surface area (Å²) < 4.78 is 1.58. The molecule has 1 aromatic heterocycles. The molecule has 20 heavy (non-hydrogen) atoms. The van der Waals surface area contributed by atoms with Crippen LogP contribution in [0.15, 0.2) is 29.2 Å². The number of aryl methyl sites for hydroxylation is 1. The second kappa shape index (κ2) is 5.40. The van der Waals surface area contributed by atoms with Crippen LogP contribution in [0, 0.1) is 11.8 Å². The predicted octanol–water partition coefficient (Wildman–Crippen LogP) is 0.434. The molecule has 1 amide bonds. The predicted molar refractivity (Wildman–Crippen MR) is 76.1 cm³/mol. The number of aromatic nitrogens is 1. The van der Waals surface area contributed by atoms with E-state index in [1.807, 2.05) is 4.90 Å². The van der Waals surface area contributed by atoms with Crippen LogP contribution in [0.3, 0.4) is 0 Å². The number of nitrogens with zero attached hydrogens (tertiary/aromatic N) is 2. The topological polar surface area (TPSA) is 68.3 Å². The van der Waals surface area contributed by atoms with Gasteiger partial charge < -0.3 is 15.2 Å². The van der Waals surface area contributed by atoms with E-state index in [0.717, 1.165) is 12.5 Å². The fourth-order valence-corrected chi connectivity index (χ4v) is 3.10. The third-order valence-corrected chi connectivity index (χ3v) is 4.46. The zero-order valence-electron chi connectivity index (χ0n) is 11.6. The lowest BCUT2D eigenvalue weighted by Crippen LogP contribution is -2.33. The van der Waals surface area contributed by atoms with Crippen LogP contribution in [0.5, 0.6) is 0 Å². The summed E-state index contributed by atoms with van der Waals surface area (Å²) in [6.45, 7) is 1.91. The second-order valence-corrected chi connectivity index (χ2v) is 5.95. The average Bonchev–Trinajstić information content (AvgIpc) is 3.20. The molecule has 3 rings (SSSR count). The van der Waals surface area contributed by atoms with E-state index in [0.29, 0.717) is 25.4 Å². The van der Waals surface area contributed by atoms with Gasteiger partial charge in [-0.3, -0.25) is 9.59 Å². The smallest absolute Gasteiger partial charge is 0.250 e. The van der Waals surface area contributed by atoms with Crippen LogP contribution < -0.4 is 11.3 Å². The molecule has 0 aromatic carbocycles. The van der Waals surface area contributed by atoms with Gasteiger partial charge in [0.2, 0.25) is 5.91 Å². The van der Waals surface area contributed by atoms with Crippen molar-refractivity contribution >= 4 is 5.91 Å². The van der Waals surface area contributed by atoms with Gasteiger partial charge in [0.1, 0.15) is 0 Å². The van der Waals surface area contributed by atoms with E-state index in [1.54, 1.807) is 22.9 Å². The Bertz CT molecular complexity index is 550. The van der Waals surface area contributed by atoms with Crippen molar-refractivity contribution in [1.82, 2.24) is 9.47 Å². The molecule has 0 bridgehead atoms. The summed E-state index contributed by atoms with van der Waals surface area (Å²) >= 11 is 0. The molecule has 2 aliphatic rings. The SMILES string of the molecule is N[C@@H]1CN(C(=O)CCn2ccccc2=O)C[C@H]1C1CC1. The number of likely N-dealkylation sites (tertiary alicyclic amines) is 1. The number of hydrogen-bond donors (Lipinski definition) is 1. The first-order valence-corrected chi connectivity index (χ1v) is 7.34. The molecule has 108 valence electrons. The molecule has 1 aliphatic carbocycles. The van der Waals surface area contributed by atoms with Gasteiger partial charge in [0.05, 0.1) is 0 Å². The monoisotopic (exact) mass is 275 g/mol. The van der Waals surface area contributed by atoms with Gasteiger partial charge in [0.25, 0.3) is 5.56 Å². The molecule has 2 N–H and O–H groups in total. The molecule has 1 saturated carbocycles. The first-order valence-electron chi connectivity index (χ1n) is 7.34. The van der Waals surface area contributed by atoms with E-state index in [-0.39, 0.29) is 17.5 Å². The van der Waals surface area contributed by atoms with Gasteiger partial charge in [0.15, 0.2) is 0 Å². The zero-order valence-corrected chi connectivity index (χ0v) is 11.6. The van der Waals surface area contributed by atoms with Crippen LogP contribution in [-0.4, -0.2) is 34.5 Å². The molecular formula is C15H21N3O2. The highest BCUT2D eigenvalue weighted by Crippen LogP contribution is 2.40. The highest BCUT2D eigenvalue weighted by molar-refractivity contribution is 5.76. The zero-order chi connectivity index (χ0) is 14.1. The third-order valence-electron chi connectivity index (χ3n) is 4.46. The molecular weight excluding hydrogens is 254 g/mol. The Kier molecular flexibility index (Phi) is 3.61. The number of carbonyl (C=O) groups excluding carboxylic acids is 1. The molecule has 2 atom stereocenters. The second-order valence-electron chi connectivity index (χ2n) is 5.95. The molecule has 5 nitrogen and oxygen atoms in total. The Hall–Kier alpha value is -1.62. The molecule has 2 heterocycles. The molecule has 2 fully saturated rings. The molecule has 0 unspecified atom stereocenters. The number of rotatable bonds is 4. The van der Waals surface area contributed by atoms with Crippen LogP contribution >= 0.6 is 0 Å². The van der Waals surface area contributed by atoms with E-state index >= 15 is 0 Å². The first kappa shape index (κ1) is 13.4. The number of hydrogen-bond acceptors (Lipinski definition) is 3. The lowest BCUT2D eigenvalue weighted by molar-refractivity contribution is -0.130. The largest absolute Gasteiger partial charge is 0.341 e. The maximum absolute atomic E-state index is 12.2. The molecule has 0 radical (unpaired) electrons. The van der Waals surface area contributed by atoms with Crippen molar-refractivity contribution in [2.75, 3.05) is 13.1 Å². The van der Waals surface area contributed by atoms with E-state index < -0.39 is 0 Å². The maximum atomic E-state index is 12.2. The fraction of sp³-hybridized carbons (Fsp3) is 0.600. The van der Waals surface area contributed by atoms with Crippen LogP contribution in [0.1, 0.15) is 19.3 Å². The summed E-state index contributed by atoms with van der Waals surface area (Å²) in [5, 5.41) is 0. The quantitative estimate of drug-likeness (QED) is 0.866. The summed E-state index contributed by atoms with van der Waals surface area (Å²) in [6.07, 6.45) is 4.62. The van der Waals surface area contributed by atoms with Crippen molar-refractivity contribution in [1.29, 1.82) is 0 Å². The number of nitrogens with two attached hydrogens (primary N) is 1. The lowest BCUT2D eigenvalue weighted by Gasteiger charge is -2.16. The highest BCUT2D eigenvalue weighted by Gasteiger charge is 2.41. The summed E-state index contributed by atoms with van der Waals surface area (Å²) in [6, 6.07) is 5.16. The van der Waals surface area contributed by atoms with Gasteiger partial charge in [-0.2, -0.15) is 0 Å². The van der Waals surface area contributed by atoms with Gasteiger partial charge in [-0.1, -0.05) is 6.07 Å². The molecule has 1 aromatic rings. The van der Waals surface area contributed by atoms with Crippen LogP contribution in [0.25, 0.3) is 0 Å². The standard InChI is InChI=1S/C15H21N3O2/c16-13-10-18(9-12(13)11-4-5-11)15(20)6-8-17-7-2-1-3-14(17)19/h1-3,7,11-13H,4-6,8-10,16H2/t12-,13+/m0/s1. The number of pyridine rings is 1. The van der Waals surface area contributed by atoms with Gasteiger partial charge >= 0.3 is 0 Å². The number of carbonyl (C=O) groups is 1. The Morgan fingerprint density at radius 2 is 2.10 bits per heavy atom. The van der Waals surface area contributed by atoms with Crippen molar-refractivity contribution in [3.05, 3.63) is 34.7 Å². The third kappa shape index (κ3) is 2.77. The van der Waals surface area contributed by atoms with E-state index in [2.05, 4.69) is 0 Å². The van der Waals surface area contributed by atoms with Gasteiger partial charge in [-0.15, -0.1) is 0 Å². The Labute approximate surface area is 118 Å². The Morgan fingerprint density at radius 1 is 1.30 bits per heavy atom. The number of amides is 1. The maximum Gasteiger partial charge on any atom is 0.250 e. The van der Waals surface area contributed by atoms with Crippen molar-refractivity contribution in [2.45, 2.75) is 31.8 Å². The molecule has 1 saturated heterocycles. The van der Waals surface area contributed by atoms with E-state index in [1.165, 1.54) is 18.9 Å². The van der Waals surface area contributed by atoms with Crippen molar-refractivity contribution < 1.29 is 4.79 Å². The Balaban J connectivity index is 1.55. The summed E-state index contributed by atoms with van der Waals surface area (Å²) in [5.74, 6) is 1.33. The summed E-state index contributed by atoms with van der Waals surface area (Å²) in [7, 11) is 0. The Morgan fingerprint density at radius 3 is 2.80 bits per heavy atom. The lowest BCUT2D eigenvalue weighted by atomic mass is 9.99. The van der Waals surface area contributed by atoms with Crippen LogP contribution in [-0.2, 0) is 11.3 Å². The van der Waals surface area contributed by atoms with Crippen LogP contribution in [0.4, 0.5) is 0 Å². The minimum atomic E-state index is -0.0609. The normalized spacial score (nSPS) is 25.9. The van der Waals surface area contributed by atoms with Gasteiger partial charge in [-0.25, -0.2) is 0 Å². The van der Waals surface area contributed by atoms with Crippen molar-refractivity contribution in [3.8, 4) is 0 Å². The van der Waals surface area contributed by atoms with Crippen LogP contribution in [0.2, 0.25) is 0 Å². The summed E-state index contributed by atoms with van der Waals surface area (Å²) in [4.78, 5) is 25.7. The van der Waals surface area contributed by atoms with Crippen molar-refractivity contribution in [2.24, 2.45) is 17.6 Å². The summed E-state index contributed by atoms with van der Waals surface area (Å²) in [5.41, 5.74) is 6.07. The minimum absolute atomic E-state index is 0.0609. The molecule has 1 aliphatic heterocycles. The molecule has 0 spiro atoms. The molecule has 5 heteroatoms. The average molecular weight is 275 g/mol. The van der Waals surface area contributed by atoms with E-state index in [4.69, 9.17) is 5.73 Å². The van der Waals surface area contributed by atoms with Gasteiger partial charge in [0, 0.05) is 44.4 Å². The first-order chi connectivity index (χ1) is 9.65. The minimum Gasteiger partial charge on any atom is -0.341 e. The van der Waals surface area contributed by atoms with Crippen molar-refractivity contribution in [3.63, 3.8) is 0 Å². The fourth-order valence-electron chi connectivity index (χ4n) is 3.10.